The number of nitrogens with one attached hydrogen (secondary N) is 1. The van der Waals surface area contributed by atoms with E-state index in [1.165, 1.54) is 0 Å². The molecule has 1 fully saturated rings. The van der Waals surface area contributed by atoms with Crippen LogP contribution in [-0.2, 0) is 11.3 Å². The van der Waals surface area contributed by atoms with Crippen molar-refractivity contribution in [1.82, 2.24) is 10.2 Å². The third-order valence-electron chi connectivity index (χ3n) is 3.95. The smallest absolute Gasteiger partial charge is 0.193 e. The lowest BCUT2D eigenvalue weighted by molar-refractivity contribution is 0.0781. The van der Waals surface area contributed by atoms with Crippen molar-refractivity contribution in [2.75, 3.05) is 40.1 Å². The van der Waals surface area contributed by atoms with Gasteiger partial charge in [-0.05, 0) is 31.2 Å². The fraction of sp³-hybridized carbons (Fsp3) is 0.667. The first-order valence-electron chi connectivity index (χ1n) is 7.26. The Morgan fingerprint density at radius 1 is 1.45 bits per heavy atom. The van der Waals surface area contributed by atoms with Crippen molar-refractivity contribution in [2.24, 2.45) is 4.99 Å². The number of hydrogen-bond donors (Lipinski definition) is 1. The minimum atomic E-state index is 0. The van der Waals surface area contributed by atoms with Crippen LogP contribution in [0, 0.1) is 0 Å². The van der Waals surface area contributed by atoms with E-state index in [2.05, 4.69) is 21.5 Å². The standard InChI is InChI=1S/C15H25N3O2S.HI/c1-16-14(18(2)11-13-5-4-8-20-13)17-12-15(21-3)6-9-19-10-7-15;/h4-5,8H,6-7,9-12H2,1-3H3,(H,16,17);1H. The number of ether oxygens (including phenoxy) is 1. The van der Waals surface area contributed by atoms with Gasteiger partial charge in [0.25, 0.3) is 0 Å². The lowest BCUT2D eigenvalue weighted by Crippen LogP contribution is -2.48. The summed E-state index contributed by atoms with van der Waals surface area (Å²) in [7, 11) is 3.84. The summed E-state index contributed by atoms with van der Waals surface area (Å²) in [6.07, 6.45) is 6.05. The fourth-order valence-electron chi connectivity index (χ4n) is 2.53. The molecule has 126 valence electrons. The molecule has 0 spiro atoms. The second-order valence-electron chi connectivity index (χ2n) is 5.34. The number of thioether (sulfide) groups is 1. The zero-order chi connectivity index (χ0) is 15.1. The molecule has 7 heteroatoms. The average Bonchev–Trinajstić information content (AvgIpc) is 3.01. The van der Waals surface area contributed by atoms with Crippen molar-refractivity contribution < 1.29 is 9.15 Å². The Balaban J connectivity index is 0.00000242. The van der Waals surface area contributed by atoms with Crippen LogP contribution in [0.15, 0.2) is 27.8 Å². The first-order valence-corrected chi connectivity index (χ1v) is 8.49. The lowest BCUT2D eigenvalue weighted by Gasteiger charge is -2.36. The van der Waals surface area contributed by atoms with Gasteiger partial charge in [-0.15, -0.1) is 24.0 Å². The van der Waals surface area contributed by atoms with Gasteiger partial charge in [0, 0.05) is 38.6 Å². The van der Waals surface area contributed by atoms with E-state index in [1.807, 2.05) is 38.0 Å². The van der Waals surface area contributed by atoms with Crippen LogP contribution < -0.4 is 5.32 Å². The summed E-state index contributed by atoms with van der Waals surface area (Å²) in [5, 5.41) is 3.50. The van der Waals surface area contributed by atoms with Gasteiger partial charge in [0.2, 0.25) is 0 Å². The van der Waals surface area contributed by atoms with Crippen molar-refractivity contribution >= 4 is 41.7 Å². The largest absolute Gasteiger partial charge is 0.467 e. The van der Waals surface area contributed by atoms with Crippen LogP contribution in [0.25, 0.3) is 0 Å². The Kier molecular flexibility index (Phi) is 8.63. The van der Waals surface area contributed by atoms with Crippen molar-refractivity contribution in [2.45, 2.75) is 24.1 Å². The third kappa shape index (κ3) is 5.34. The van der Waals surface area contributed by atoms with Crippen LogP contribution in [0.2, 0.25) is 0 Å². The normalized spacial score (nSPS) is 17.7. The average molecular weight is 439 g/mol. The number of nitrogens with zero attached hydrogens (tertiary/aromatic N) is 2. The molecule has 0 bridgehead atoms. The van der Waals surface area contributed by atoms with E-state index in [1.54, 1.807) is 6.26 Å². The second-order valence-corrected chi connectivity index (χ2v) is 6.61. The molecule has 0 saturated carbocycles. The van der Waals surface area contributed by atoms with E-state index >= 15 is 0 Å². The van der Waals surface area contributed by atoms with Crippen LogP contribution in [-0.4, -0.2) is 55.7 Å². The van der Waals surface area contributed by atoms with Crippen LogP contribution in [0.5, 0.6) is 0 Å². The lowest BCUT2D eigenvalue weighted by atomic mass is 9.99. The molecule has 2 rings (SSSR count). The highest BCUT2D eigenvalue weighted by Gasteiger charge is 2.32. The van der Waals surface area contributed by atoms with E-state index in [0.717, 1.165) is 44.3 Å². The van der Waals surface area contributed by atoms with E-state index in [9.17, 15) is 0 Å². The molecular weight excluding hydrogens is 413 g/mol. The van der Waals surface area contributed by atoms with E-state index in [4.69, 9.17) is 9.15 Å². The van der Waals surface area contributed by atoms with Gasteiger partial charge in [0.05, 0.1) is 12.8 Å². The summed E-state index contributed by atoms with van der Waals surface area (Å²) in [5.41, 5.74) is 0. The number of furan rings is 1. The van der Waals surface area contributed by atoms with Crippen LogP contribution in [0.1, 0.15) is 18.6 Å². The topological polar surface area (TPSA) is 50.0 Å². The molecule has 5 nitrogen and oxygen atoms in total. The zero-order valence-corrected chi connectivity index (χ0v) is 16.6. The quantitative estimate of drug-likeness (QED) is 0.435. The Morgan fingerprint density at radius 2 is 2.18 bits per heavy atom. The van der Waals surface area contributed by atoms with Gasteiger partial charge in [-0.1, -0.05) is 0 Å². The summed E-state index contributed by atoms with van der Waals surface area (Å²) in [5.74, 6) is 1.83. The first kappa shape index (κ1) is 19.6. The molecule has 0 aliphatic carbocycles. The first-order chi connectivity index (χ1) is 10.2. The zero-order valence-electron chi connectivity index (χ0n) is 13.5. The summed E-state index contributed by atoms with van der Waals surface area (Å²) in [6.45, 7) is 3.32. The monoisotopic (exact) mass is 439 g/mol. The van der Waals surface area contributed by atoms with Gasteiger partial charge in [-0.25, -0.2) is 0 Å². The molecule has 0 unspecified atom stereocenters. The Bertz CT molecular complexity index is 448. The number of aliphatic imine (C=N–C) groups is 1. The minimum absolute atomic E-state index is 0. The van der Waals surface area contributed by atoms with E-state index < -0.39 is 0 Å². The van der Waals surface area contributed by atoms with Gasteiger partial charge in [-0.2, -0.15) is 11.8 Å². The van der Waals surface area contributed by atoms with Crippen LogP contribution >= 0.6 is 35.7 Å². The highest BCUT2D eigenvalue weighted by Crippen LogP contribution is 2.33. The molecule has 0 radical (unpaired) electrons. The molecule has 1 aromatic heterocycles. The van der Waals surface area contributed by atoms with Crippen molar-refractivity contribution in [3.8, 4) is 0 Å². The summed E-state index contributed by atoms with van der Waals surface area (Å²) < 4.78 is 11.1. The highest BCUT2D eigenvalue weighted by atomic mass is 127. The Hall–Kier alpha value is -0.410. The molecule has 1 saturated heterocycles. The van der Waals surface area contributed by atoms with Crippen LogP contribution in [0.4, 0.5) is 0 Å². The third-order valence-corrected chi connectivity index (χ3v) is 5.37. The summed E-state index contributed by atoms with van der Waals surface area (Å²) in [6, 6.07) is 3.88. The predicted molar refractivity (Wildman–Crippen MR) is 103 cm³/mol. The molecular formula is C15H26IN3O2S. The molecule has 0 aromatic carbocycles. The van der Waals surface area contributed by atoms with Crippen molar-refractivity contribution in [3.05, 3.63) is 24.2 Å². The Morgan fingerprint density at radius 3 is 2.73 bits per heavy atom. The number of guanidine groups is 1. The molecule has 0 atom stereocenters. The fourth-order valence-corrected chi connectivity index (χ4v) is 3.32. The van der Waals surface area contributed by atoms with E-state index in [-0.39, 0.29) is 28.7 Å². The Labute approximate surface area is 154 Å². The minimum Gasteiger partial charge on any atom is -0.467 e. The van der Waals surface area contributed by atoms with Crippen molar-refractivity contribution in [1.29, 1.82) is 0 Å². The molecule has 22 heavy (non-hydrogen) atoms. The molecule has 1 N–H and O–H groups in total. The predicted octanol–water partition coefficient (Wildman–Crippen LogP) is 2.82. The van der Waals surface area contributed by atoms with E-state index in [0.29, 0.717) is 6.54 Å². The summed E-state index contributed by atoms with van der Waals surface area (Å²) >= 11 is 1.93. The van der Waals surface area contributed by atoms with Gasteiger partial charge in [0.15, 0.2) is 5.96 Å². The van der Waals surface area contributed by atoms with Gasteiger partial charge >= 0.3 is 0 Å². The van der Waals surface area contributed by atoms with Gasteiger partial charge in [0.1, 0.15) is 5.76 Å². The van der Waals surface area contributed by atoms with Gasteiger partial charge < -0.3 is 19.4 Å². The molecule has 2 heterocycles. The maximum atomic E-state index is 5.48. The highest BCUT2D eigenvalue weighted by molar-refractivity contribution is 14.0. The number of halogens is 1. The second kappa shape index (κ2) is 9.67. The molecule has 1 aliphatic heterocycles. The maximum Gasteiger partial charge on any atom is 0.193 e. The molecule has 0 amide bonds. The molecule has 1 aliphatic rings. The summed E-state index contributed by atoms with van der Waals surface area (Å²) in [4.78, 5) is 6.44. The SMILES string of the molecule is CN=C(NCC1(SC)CCOCC1)N(C)Cc1ccco1.I. The number of rotatable bonds is 5. The van der Waals surface area contributed by atoms with Crippen LogP contribution in [0.3, 0.4) is 0 Å². The van der Waals surface area contributed by atoms with Crippen molar-refractivity contribution in [3.63, 3.8) is 0 Å². The van der Waals surface area contributed by atoms with Gasteiger partial charge in [-0.3, -0.25) is 4.99 Å². The molecule has 1 aromatic rings. The number of hydrogen-bond acceptors (Lipinski definition) is 4. The maximum absolute atomic E-state index is 5.48.